The van der Waals surface area contributed by atoms with Crippen molar-refractivity contribution < 1.29 is 9.47 Å². The molecule has 1 aromatic rings. The molecule has 5 heteroatoms. The van der Waals surface area contributed by atoms with E-state index in [2.05, 4.69) is 27.7 Å². The monoisotopic (exact) mass is 321 g/mol. The fourth-order valence-corrected chi connectivity index (χ4v) is 3.66. The summed E-state index contributed by atoms with van der Waals surface area (Å²) in [6, 6.07) is 2.68. The van der Waals surface area contributed by atoms with Gasteiger partial charge in [0.2, 0.25) is 5.88 Å². The Morgan fingerprint density at radius 3 is 2.74 bits per heavy atom. The molecule has 0 radical (unpaired) electrons. The van der Waals surface area contributed by atoms with Gasteiger partial charge in [0.25, 0.3) is 0 Å². The van der Waals surface area contributed by atoms with Crippen LogP contribution in [0.4, 0.5) is 0 Å². The lowest BCUT2D eigenvalue weighted by atomic mass is 9.95. The zero-order chi connectivity index (χ0) is 15.9. The number of ether oxygens (including phenoxy) is 2. The minimum absolute atomic E-state index is 0.586. The number of nitrogens with zero attached hydrogens (tertiary/aromatic N) is 3. The van der Waals surface area contributed by atoms with E-state index >= 15 is 0 Å². The molecule has 23 heavy (non-hydrogen) atoms. The molecule has 5 nitrogen and oxygen atoms in total. The fourth-order valence-electron chi connectivity index (χ4n) is 3.66. The molecule has 1 aliphatic carbocycles. The Bertz CT molecular complexity index is 463. The van der Waals surface area contributed by atoms with Crippen molar-refractivity contribution in [1.29, 1.82) is 0 Å². The van der Waals surface area contributed by atoms with Crippen LogP contribution in [-0.4, -0.2) is 54.1 Å². The first-order valence-corrected chi connectivity index (χ1v) is 9.32. The van der Waals surface area contributed by atoms with Gasteiger partial charge in [-0.25, -0.2) is 0 Å². The van der Waals surface area contributed by atoms with E-state index in [9.17, 15) is 0 Å². The van der Waals surface area contributed by atoms with Crippen LogP contribution in [0, 0.1) is 6.92 Å². The van der Waals surface area contributed by atoms with Crippen LogP contribution in [0.15, 0.2) is 6.07 Å². The Labute approximate surface area is 139 Å². The van der Waals surface area contributed by atoms with Crippen LogP contribution in [0.2, 0.25) is 0 Å². The third-order valence-corrected chi connectivity index (χ3v) is 5.04. The average molecular weight is 321 g/mol. The van der Waals surface area contributed by atoms with E-state index in [0.717, 1.165) is 51.8 Å². The predicted octanol–water partition coefficient (Wildman–Crippen LogP) is 3.19. The van der Waals surface area contributed by atoms with Crippen molar-refractivity contribution in [3.05, 3.63) is 11.8 Å². The normalized spacial score (nSPS) is 20.7. The number of unbranched alkanes of at least 4 members (excludes halogenated alkanes) is 1. The van der Waals surface area contributed by atoms with Gasteiger partial charge in [0.1, 0.15) is 0 Å². The highest BCUT2D eigenvalue weighted by Gasteiger charge is 2.18. The highest BCUT2D eigenvalue weighted by Crippen LogP contribution is 2.29. The third-order valence-electron chi connectivity index (χ3n) is 5.04. The van der Waals surface area contributed by atoms with Crippen LogP contribution in [0.1, 0.15) is 56.7 Å². The molecule has 0 unspecified atom stereocenters. The molecular formula is C18H31N3O2. The maximum absolute atomic E-state index is 5.87. The lowest BCUT2D eigenvalue weighted by molar-refractivity contribution is 0.0367. The van der Waals surface area contributed by atoms with Gasteiger partial charge >= 0.3 is 0 Å². The van der Waals surface area contributed by atoms with E-state index in [4.69, 9.17) is 9.47 Å². The van der Waals surface area contributed by atoms with Crippen molar-refractivity contribution in [3.63, 3.8) is 0 Å². The molecule has 0 spiro atoms. The second-order valence-electron chi connectivity index (χ2n) is 6.87. The van der Waals surface area contributed by atoms with Gasteiger partial charge in [0.05, 0.1) is 25.9 Å². The summed E-state index contributed by atoms with van der Waals surface area (Å²) in [5.41, 5.74) is 1.24. The van der Waals surface area contributed by atoms with E-state index in [-0.39, 0.29) is 0 Å². The number of aryl methyl sites for hydroxylation is 1. The van der Waals surface area contributed by atoms with Crippen molar-refractivity contribution in [2.75, 3.05) is 39.5 Å². The predicted molar refractivity (Wildman–Crippen MR) is 91.1 cm³/mol. The topological polar surface area (TPSA) is 39.5 Å². The zero-order valence-electron chi connectivity index (χ0n) is 14.5. The average Bonchev–Trinajstić information content (AvgIpc) is 2.97. The Hall–Kier alpha value is -1.07. The highest BCUT2D eigenvalue weighted by molar-refractivity contribution is 5.15. The summed E-state index contributed by atoms with van der Waals surface area (Å²) in [5.74, 6) is 0.805. The van der Waals surface area contributed by atoms with Gasteiger partial charge in [-0.05, 0) is 39.2 Å². The van der Waals surface area contributed by atoms with Crippen LogP contribution in [-0.2, 0) is 4.74 Å². The van der Waals surface area contributed by atoms with Gasteiger partial charge in [0.15, 0.2) is 0 Å². The van der Waals surface area contributed by atoms with Gasteiger partial charge in [-0.1, -0.05) is 19.3 Å². The minimum atomic E-state index is 0.586. The molecule has 2 aliphatic rings. The highest BCUT2D eigenvalue weighted by atomic mass is 16.5. The second kappa shape index (κ2) is 8.69. The van der Waals surface area contributed by atoms with Gasteiger partial charge in [-0.3, -0.25) is 9.58 Å². The largest absolute Gasteiger partial charge is 0.477 e. The molecule has 0 N–H and O–H groups in total. The summed E-state index contributed by atoms with van der Waals surface area (Å²) in [7, 11) is 0. The van der Waals surface area contributed by atoms with E-state index in [1.165, 1.54) is 44.2 Å². The molecule has 1 saturated carbocycles. The molecule has 0 aromatic carbocycles. The van der Waals surface area contributed by atoms with Gasteiger partial charge in [0, 0.05) is 24.8 Å². The fraction of sp³-hybridized carbons (Fsp3) is 0.833. The molecule has 2 heterocycles. The number of hydrogen-bond acceptors (Lipinski definition) is 4. The number of rotatable bonds is 7. The first-order chi connectivity index (χ1) is 11.3. The lowest BCUT2D eigenvalue weighted by Gasteiger charge is -2.26. The zero-order valence-corrected chi connectivity index (χ0v) is 14.5. The van der Waals surface area contributed by atoms with Gasteiger partial charge in [-0.15, -0.1) is 5.10 Å². The van der Waals surface area contributed by atoms with Crippen LogP contribution in [0.25, 0.3) is 0 Å². The number of aromatic nitrogens is 2. The van der Waals surface area contributed by atoms with Gasteiger partial charge < -0.3 is 9.47 Å². The summed E-state index contributed by atoms with van der Waals surface area (Å²) in [6.45, 7) is 7.99. The Balaban J connectivity index is 1.36. The van der Waals surface area contributed by atoms with Crippen LogP contribution >= 0.6 is 0 Å². The standard InChI is InChI=1S/C18H31N3O2/c1-16-15-18(19-21(16)17-7-3-2-4-8-17)23-12-6-5-9-20-10-13-22-14-11-20/h15,17H,2-14H2,1H3. The van der Waals surface area contributed by atoms with Crippen molar-refractivity contribution in [1.82, 2.24) is 14.7 Å². The summed E-state index contributed by atoms with van der Waals surface area (Å²) in [5, 5.41) is 4.69. The Morgan fingerprint density at radius 1 is 1.17 bits per heavy atom. The molecule has 2 fully saturated rings. The van der Waals surface area contributed by atoms with Gasteiger partial charge in [-0.2, -0.15) is 0 Å². The quantitative estimate of drug-likeness (QED) is 0.723. The van der Waals surface area contributed by atoms with Crippen LogP contribution in [0.3, 0.4) is 0 Å². The molecule has 0 amide bonds. The molecule has 0 bridgehead atoms. The smallest absolute Gasteiger partial charge is 0.233 e. The van der Waals surface area contributed by atoms with Crippen LogP contribution < -0.4 is 4.74 Å². The van der Waals surface area contributed by atoms with Crippen molar-refractivity contribution in [2.45, 2.75) is 57.9 Å². The molecule has 1 aliphatic heterocycles. The summed E-state index contributed by atoms with van der Waals surface area (Å²) < 4.78 is 13.4. The minimum Gasteiger partial charge on any atom is -0.477 e. The number of morpholine rings is 1. The lowest BCUT2D eigenvalue weighted by Crippen LogP contribution is -2.36. The molecule has 1 aromatic heterocycles. The van der Waals surface area contributed by atoms with E-state index in [1.54, 1.807) is 0 Å². The maximum atomic E-state index is 5.87. The van der Waals surface area contributed by atoms with Crippen molar-refractivity contribution in [2.24, 2.45) is 0 Å². The summed E-state index contributed by atoms with van der Waals surface area (Å²) in [6.07, 6.45) is 8.85. The van der Waals surface area contributed by atoms with Crippen molar-refractivity contribution >= 4 is 0 Å². The van der Waals surface area contributed by atoms with Crippen molar-refractivity contribution in [3.8, 4) is 5.88 Å². The molecule has 130 valence electrons. The molecular weight excluding hydrogens is 290 g/mol. The Kier molecular flexibility index (Phi) is 6.34. The van der Waals surface area contributed by atoms with E-state index < -0.39 is 0 Å². The second-order valence-corrected chi connectivity index (χ2v) is 6.87. The first kappa shape index (κ1) is 16.8. The van der Waals surface area contributed by atoms with E-state index in [1.807, 2.05) is 0 Å². The maximum Gasteiger partial charge on any atom is 0.233 e. The molecule has 3 rings (SSSR count). The van der Waals surface area contributed by atoms with Crippen LogP contribution in [0.5, 0.6) is 5.88 Å². The van der Waals surface area contributed by atoms with E-state index in [0.29, 0.717) is 6.04 Å². The Morgan fingerprint density at radius 2 is 1.96 bits per heavy atom. The summed E-state index contributed by atoms with van der Waals surface area (Å²) >= 11 is 0. The molecule has 1 saturated heterocycles. The third kappa shape index (κ3) is 4.95. The summed E-state index contributed by atoms with van der Waals surface area (Å²) in [4.78, 5) is 2.48. The number of hydrogen-bond donors (Lipinski definition) is 0. The molecule has 0 atom stereocenters. The SMILES string of the molecule is Cc1cc(OCCCCN2CCOCC2)nn1C1CCCCC1. The first-order valence-electron chi connectivity index (χ1n) is 9.32.